The zero-order valence-electron chi connectivity index (χ0n) is 21.0. The lowest BCUT2D eigenvalue weighted by Crippen LogP contribution is -2.41. The molecule has 0 radical (unpaired) electrons. The predicted molar refractivity (Wildman–Crippen MR) is 133 cm³/mol. The fourth-order valence-electron chi connectivity index (χ4n) is 3.81. The van der Waals surface area contributed by atoms with Crippen molar-refractivity contribution in [2.75, 3.05) is 39.5 Å². The predicted octanol–water partition coefficient (Wildman–Crippen LogP) is 6.65. The van der Waals surface area contributed by atoms with Crippen LogP contribution in [0.15, 0.2) is 0 Å². The Bertz CT molecular complexity index is 464. The van der Waals surface area contributed by atoms with Gasteiger partial charge in [-0.1, -0.05) is 103 Å². The molecule has 0 aromatic carbocycles. The molecule has 0 heterocycles. The summed E-state index contributed by atoms with van der Waals surface area (Å²) in [7, 11) is 1.29. The van der Waals surface area contributed by atoms with E-state index in [-0.39, 0.29) is 5.75 Å². The van der Waals surface area contributed by atoms with E-state index in [9.17, 15) is 8.42 Å². The maximum absolute atomic E-state index is 12.1. The van der Waals surface area contributed by atoms with Gasteiger partial charge in [0.2, 0.25) is 10.0 Å². The molecule has 30 heavy (non-hydrogen) atoms. The summed E-state index contributed by atoms with van der Waals surface area (Å²) in [4.78, 5) is 0. The number of unbranched alkanes of at least 4 members (excludes halogenated alkanes) is 15. The molecular formula is C25H55N2O2S+. The molecule has 0 aliphatic rings. The largest absolute Gasteiger partial charge is 0.329 e. The van der Waals surface area contributed by atoms with Gasteiger partial charge in [-0.15, -0.1) is 0 Å². The smallest absolute Gasteiger partial charge is 0.211 e. The number of sulfonamides is 1. The Kier molecular flexibility index (Phi) is 19.5. The van der Waals surface area contributed by atoms with E-state index >= 15 is 0 Å². The second-order valence-corrected chi connectivity index (χ2v) is 11.8. The van der Waals surface area contributed by atoms with E-state index in [0.717, 1.165) is 36.8 Å². The second kappa shape index (κ2) is 19.5. The van der Waals surface area contributed by atoms with Gasteiger partial charge in [0.15, 0.2) is 0 Å². The van der Waals surface area contributed by atoms with Crippen molar-refractivity contribution in [3.8, 4) is 0 Å². The molecule has 0 aliphatic heterocycles. The standard InChI is InChI=1S/C25H55N2O2S/c1-5-7-8-9-10-11-12-13-14-15-16-17-18-19-20-21-25-30(28,29)26-23-22-24-27(3,4)6-2/h26H,5-25H2,1-4H3/q+1. The average Bonchev–Trinajstić information content (AvgIpc) is 2.71. The average molecular weight is 448 g/mol. The number of rotatable bonds is 23. The normalized spacial score (nSPS) is 12.5. The number of nitrogens with one attached hydrogen (secondary N) is 1. The van der Waals surface area contributed by atoms with Crippen LogP contribution in [0.25, 0.3) is 0 Å². The quantitative estimate of drug-likeness (QED) is 0.141. The van der Waals surface area contributed by atoms with Crippen LogP contribution >= 0.6 is 0 Å². The topological polar surface area (TPSA) is 46.2 Å². The summed E-state index contributed by atoms with van der Waals surface area (Å²) in [6.07, 6.45) is 21.9. The molecule has 4 nitrogen and oxygen atoms in total. The van der Waals surface area contributed by atoms with Crippen LogP contribution in [0.3, 0.4) is 0 Å². The van der Waals surface area contributed by atoms with Crippen LogP contribution in [0.5, 0.6) is 0 Å². The van der Waals surface area contributed by atoms with Crippen LogP contribution in [0.1, 0.15) is 123 Å². The van der Waals surface area contributed by atoms with Crippen molar-refractivity contribution in [2.45, 2.75) is 123 Å². The van der Waals surface area contributed by atoms with Crippen LogP contribution in [-0.4, -0.2) is 52.4 Å². The molecule has 0 aliphatic carbocycles. The van der Waals surface area contributed by atoms with Gasteiger partial charge in [0, 0.05) is 13.0 Å². The molecule has 0 spiro atoms. The van der Waals surface area contributed by atoms with E-state index in [1.807, 2.05) is 0 Å². The van der Waals surface area contributed by atoms with Crippen molar-refractivity contribution in [2.24, 2.45) is 0 Å². The summed E-state index contributed by atoms with van der Waals surface area (Å²) in [5.41, 5.74) is 0. The molecule has 5 heteroatoms. The monoisotopic (exact) mass is 447 g/mol. The van der Waals surface area contributed by atoms with Crippen LogP contribution in [0.4, 0.5) is 0 Å². The van der Waals surface area contributed by atoms with Crippen molar-refractivity contribution in [3.63, 3.8) is 0 Å². The van der Waals surface area contributed by atoms with E-state index in [1.54, 1.807) is 0 Å². The highest BCUT2D eigenvalue weighted by atomic mass is 32.2. The third-order valence-corrected chi connectivity index (χ3v) is 7.85. The third-order valence-electron chi connectivity index (χ3n) is 6.38. The van der Waals surface area contributed by atoms with E-state index in [2.05, 4.69) is 32.7 Å². The molecule has 182 valence electrons. The first kappa shape index (κ1) is 29.9. The molecule has 0 amide bonds. The first-order valence-electron chi connectivity index (χ1n) is 13.1. The minimum absolute atomic E-state index is 0.289. The zero-order valence-corrected chi connectivity index (χ0v) is 21.8. The van der Waals surface area contributed by atoms with E-state index in [1.165, 1.54) is 89.9 Å². The molecule has 0 saturated heterocycles. The summed E-state index contributed by atoms with van der Waals surface area (Å²) in [6.45, 7) is 7.10. The SMILES string of the molecule is CCCCCCCCCCCCCCCCCCS(=O)(=O)NCCC[N+](C)(C)CC. The highest BCUT2D eigenvalue weighted by Crippen LogP contribution is 2.13. The van der Waals surface area contributed by atoms with Crippen molar-refractivity contribution < 1.29 is 12.9 Å². The summed E-state index contributed by atoms with van der Waals surface area (Å²) in [6, 6.07) is 0. The van der Waals surface area contributed by atoms with E-state index in [0.29, 0.717) is 6.54 Å². The highest BCUT2D eigenvalue weighted by molar-refractivity contribution is 7.89. The number of hydrogen-bond donors (Lipinski definition) is 1. The molecule has 0 saturated carbocycles. The number of hydrogen-bond acceptors (Lipinski definition) is 2. The van der Waals surface area contributed by atoms with Crippen LogP contribution in [0.2, 0.25) is 0 Å². The van der Waals surface area contributed by atoms with Gasteiger partial charge < -0.3 is 4.48 Å². The van der Waals surface area contributed by atoms with Gasteiger partial charge in [-0.2, -0.15) is 0 Å². The second-order valence-electron chi connectivity index (χ2n) is 9.85. The maximum atomic E-state index is 12.1. The Labute approximate surface area is 190 Å². The molecule has 0 aromatic rings. The van der Waals surface area contributed by atoms with Crippen molar-refractivity contribution >= 4 is 10.0 Å². The summed E-state index contributed by atoms with van der Waals surface area (Å²) < 4.78 is 27.8. The summed E-state index contributed by atoms with van der Waals surface area (Å²) in [5.74, 6) is 0.289. The van der Waals surface area contributed by atoms with Crippen LogP contribution in [0, 0.1) is 0 Å². The molecule has 0 rings (SSSR count). The summed E-state index contributed by atoms with van der Waals surface area (Å²) in [5, 5.41) is 0. The van der Waals surface area contributed by atoms with Gasteiger partial charge in [0.05, 0.1) is 32.9 Å². The van der Waals surface area contributed by atoms with Crippen molar-refractivity contribution in [1.82, 2.24) is 4.72 Å². The highest BCUT2D eigenvalue weighted by Gasteiger charge is 2.13. The van der Waals surface area contributed by atoms with Crippen molar-refractivity contribution in [1.29, 1.82) is 0 Å². The van der Waals surface area contributed by atoms with E-state index < -0.39 is 10.0 Å². The lowest BCUT2D eigenvalue weighted by atomic mass is 10.0. The number of quaternary nitrogens is 1. The fraction of sp³-hybridized carbons (Fsp3) is 1.00. The Morgan fingerprint density at radius 2 is 1.00 bits per heavy atom. The van der Waals surface area contributed by atoms with Gasteiger partial charge >= 0.3 is 0 Å². The molecule has 0 aromatic heterocycles. The first-order valence-corrected chi connectivity index (χ1v) is 14.8. The molecular weight excluding hydrogens is 392 g/mol. The number of nitrogens with zero attached hydrogens (tertiary/aromatic N) is 1. The lowest BCUT2D eigenvalue weighted by Gasteiger charge is -2.28. The van der Waals surface area contributed by atoms with Gasteiger partial charge in [0.25, 0.3) is 0 Å². The first-order chi connectivity index (χ1) is 14.3. The zero-order chi connectivity index (χ0) is 22.6. The third kappa shape index (κ3) is 21.1. The summed E-state index contributed by atoms with van der Waals surface area (Å²) >= 11 is 0. The maximum Gasteiger partial charge on any atom is 0.211 e. The van der Waals surface area contributed by atoms with Gasteiger partial charge in [-0.05, 0) is 13.3 Å². The molecule has 0 unspecified atom stereocenters. The molecule has 0 fully saturated rings. The molecule has 0 bridgehead atoms. The Balaban J connectivity index is 3.36. The lowest BCUT2D eigenvalue weighted by molar-refractivity contribution is -0.888. The fourth-order valence-corrected chi connectivity index (χ4v) is 4.99. The minimum Gasteiger partial charge on any atom is -0.329 e. The molecule has 1 N–H and O–H groups in total. The van der Waals surface area contributed by atoms with Crippen LogP contribution < -0.4 is 4.72 Å². The van der Waals surface area contributed by atoms with Crippen molar-refractivity contribution in [3.05, 3.63) is 0 Å². The van der Waals surface area contributed by atoms with Crippen LogP contribution in [-0.2, 0) is 10.0 Å². The minimum atomic E-state index is -3.08. The van der Waals surface area contributed by atoms with E-state index in [4.69, 9.17) is 0 Å². The molecule has 0 atom stereocenters. The van der Waals surface area contributed by atoms with Gasteiger partial charge in [0.1, 0.15) is 0 Å². The Morgan fingerprint density at radius 1 is 0.600 bits per heavy atom. The van der Waals surface area contributed by atoms with Gasteiger partial charge in [-0.3, -0.25) is 0 Å². The Hall–Kier alpha value is -0.130. The Morgan fingerprint density at radius 3 is 1.40 bits per heavy atom. The van der Waals surface area contributed by atoms with Gasteiger partial charge in [-0.25, -0.2) is 13.1 Å².